The molecule has 2 aliphatic rings. The van der Waals surface area contributed by atoms with Gasteiger partial charge in [-0.2, -0.15) is 15.4 Å². The molecule has 0 bridgehead atoms. The molecule has 162 valence electrons. The van der Waals surface area contributed by atoms with E-state index < -0.39 is 0 Å². The molecule has 0 radical (unpaired) electrons. The number of aromatic amines is 1. The Bertz CT molecular complexity index is 1080. The van der Waals surface area contributed by atoms with Crippen molar-refractivity contribution < 1.29 is 9.59 Å². The van der Waals surface area contributed by atoms with Crippen molar-refractivity contribution in [2.75, 3.05) is 33.2 Å². The third-order valence-corrected chi connectivity index (χ3v) is 6.37. The lowest BCUT2D eigenvalue weighted by Crippen LogP contribution is -2.61. The molecule has 7 nitrogen and oxygen atoms in total. The number of H-pyrrole nitrogens is 1. The van der Waals surface area contributed by atoms with E-state index in [2.05, 4.69) is 27.4 Å². The van der Waals surface area contributed by atoms with E-state index in [4.69, 9.17) is 11.6 Å². The lowest BCUT2D eigenvalue weighted by Gasteiger charge is -2.53. The quantitative estimate of drug-likeness (QED) is 0.617. The van der Waals surface area contributed by atoms with Gasteiger partial charge in [0, 0.05) is 34.7 Å². The Balaban J connectivity index is 0.000000196. The third-order valence-electron chi connectivity index (χ3n) is 6.15. The number of benzene rings is 2. The summed E-state index contributed by atoms with van der Waals surface area (Å²) in [5.41, 5.74) is 4.26. The zero-order valence-electron chi connectivity index (χ0n) is 17.8. The number of hydrogen-bond acceptors (Lipinski definition) is 5. The van der Waals surface area contributed by atoms with Gasteiger partial charge in [-0.3, -0.25) is 9.59 Å². The summed E-state index contributed by atoms with van der Waals surface area (Å²) in [6.45, 7) is 5.99. The standard InChI is InChI=1S/C15H19N5O.C8H7ClO/c1-19-6-4-15(5-7-19)9-20(10-15)14(21)11-2-3-12-13(8-11)17-18-16-12;1-6-2-7(5-10)4-8(9)3-6/h2-3,8H,4-7,9-10H2,1H3,(H,16,17,18);2-5H,1H3. The number of carbonyl (C=O) groups excluding carboxylic acids is 2. The van der Waals surface area contributed by atoms with E-state index >= 15 is 0 Å². The molecule has 1 aromatic heterocycles. The van der Waals surface area contributed by atoms with Gasteiger partial charge in [0.25, 0.3) is 5.91 Å². The lowest BCUT2D eigenvalue weighted by atomic mass is 9.72. The molecule has 0 aliphatic carbocycles. The van der Waals surface area contributed by atoms with Crippen molar-refractivity contribution in [2.24, 2.45) is 5.41 Å². The highest BCUT2D eigenvalue weighted by Crippen LogP contribution is 2.40. The summed E-state index contributed by atoms with van der Waals surface area (Å²) in [4.78, 5) is 27.1. The number of amides is 1. The molecule has 3 aromatic rings. The molecule has 2 fully saturated rings. The van der Waals surface area contributed by atoms with Crippen LogP contribution in [0, 0.1) is 12.3 Å². The second-order valence-corrected chi connectivity index (χ2v) is 9.11. The third kappa shape index (κ3) is 4.78. The molecule has 2 saturated heterocycles. The van der Waals surface area contributed by atoms with Crippen molar-refractivity contribution in [3.63, 3.8) is 0 Å². The van der Waals surface area contributed by atoms with Gasteiger partial charge in [-0.15, -0.1) is 0 Å². The number of nitrogens with zero attached hydrogens (tertiary/aromatic N) is 4. The van der Waals surface area contributed by atoms with E-state index in [1.807, 2.05) is 36.1 Å². The summed E-state index contributed by atoms with van der Waals surface area (Å²) in [6, 6.07) is 10.7. The van der Waals surface area contributed by atoms with Gasteiger partial charge in [0.1, 0.15) is 17.3 Å². The number of fused-ring (bicyclic) bond motifs is 1. The number of halogens is 1. The first-order valence-electron chi connectivity index (χ1n) is 10.4. The van der Waals surface area contributed by atoms with Crippen molar-refractivity contribution in [1.29, 1.82) is 0 Å². The van der Waals surface area contributed by atoms with Crippen molar-refractivity contribution >= 4 is 34.8 Å². The van der Waals surface area contributed by atoms with Crippen LogP contribution in [0.4, 0.5) is 0 Å². The van der Waals surface area contributed by atoms with Crippen LogP contribution in [0.3, 0.4) is 0 Å². The smallest absolute Gasteiger partial charge is 0.253 e. The van der Waals surface area contributed by atoms with E-state index in [0.717, 1.165) is 49.1 Å². The Morgan fingerprint density at radius 3 is 2.48 bits per heavy atom. The second-order valence-electron chi connectivity index (χ2n) is 8.67. The fourth-order valence-corrected chi connectivity index (χ4v) is 4.60. The predicted octanol–water partition coefficient (Wildman–Crippen LogP) is 3.59. The summed E-state index contributed by atoms with van der Waals surface area (Å²) >= 11 is 5.67. The number of piperidine rings is 1. The van der Waals surface area contributed by atoms with E-state index in [9.17, 15) is 9.59 Å². The van der Waals surface area contributed by atoms with Crippen molar-refractivity contribution in [3.8, 4) is 0 Å². The Hall–Kier alpha value is -2.77. The molecule has 2 aromatic carbocycles. The second kappa shape index (κ2) is 8.77. The van der Waals surface area contributed by atoms with E-state index in [1.54, 1.807) is 12.1 Å². The number of nitrogens with one attached hydrogen (secondary N) is 1. The molecule has 1 N–H and O–H groups in total. The first kappa shape index (κ1) is 21.5. The molecule has 0 unspecified atom stereocenters. The largest absolute Gasteiger partial charge is 0.337 e. The summed E-state index contributed by atoms with van der Waals surface area (Å²) in [6.07, 6.45) is 3.20. The predicted molar refractivity (Wildman–Crippen MR) is 121 cm³/mol. The summed E-state index contributed by atoms with van der Waals surface area (Å²) in [5, 5.41) is 11.2. The number of aromatic nitrogens is 3. The normalized spacial score (nSPS) is 17.7. The van der Waals surface area contributed by atoms with Gasteiger partial charge >= 0.3 is 0 Å². The molecule has 1 amide bonds. The SMILES string of the molecule is CN1CCC2(CC1)CN(C(=O)c1ccc3n[nH]nc3c1)C2.Cc1cc(Cl)cc(C=O)c1. The Kier molecular flexibility index (Phi) is 6.07. The first-order valence-corrected chi connectivity index (χ1v) is 10.8. The number of aryl methyl sites for hydroxylation is 1. The van der Waals surface area contributed by atoms with E-state index in [0.29, 0.717) is 21.6 Å². The molecule has 5 rings (SSSR count). The minimum atomic E-state index is 0.115. The van der Waals surface area contributed by atoms with Crippen LogP contribution in [-0.2, 0) is 0 Å². The molecular formula is C23H26ClN5O2. The maximum atomic E-state index is 12.5. The zero-order chi connectivity index (χ0) is 22.0. The molecule has 3 heterocycles. The fraction of sp³-hybridized carbons (Fsp3) is 0.391. The van der Waals surface area contributed by atoms with Crippen molar-refractivity contribution in [3.05, 3.63) is 58.1 Å². The summed E-state index contributed by atoms with van der Waals surface area (Å²) in [7, 11) is 2.17. The van der Waals surface area contributed by atoms with Crippen molar-refractivity contribution in [1.82, 2.24) is 25.2 Å². The zero-order valence-corrected chi connectivity index (χ0v) is 18.5. The number of likely N-dealkylation sites (tertiary alicyclic amines) is 2. The molecule has 0 atom stereocenters. The highest BCUT2D eigenvalue weighted by Gasteiger charge is 2.46. The molecule has 2 aliphatic heterocycles. The van der Waals surface area contributed by atoms with Crippen LogP contribution in [0.5, 0.6) is 0 Å². The minimum absolute atomic E-state index is 0.115. The Labute approximate surface area is 186 Å². The number of aldehydes is 1. The highest BCUT2D eigenvalue weighted by molar-refractivity contribution is 6.30. The topological polar surface area (TPSA) is 82.2 Å². The molecule has 31 heavy (non-hydrogen) atoms. The van der Waals surface area contributed by atoms with Gasteiger partial charge in [0.15, 0.2) is 0 Å². The Morgan fingerprint density at radius 2 is 1.81 bits per heavy atom. The number of hydrogen-bond donors (Lipinski definition) is 1. The van der Waals surface area contributed by atoms with Crippen LogP contribution in [-0.4, -0.2) is 70.6 Å². The van der Waals surface area contributed by atoms with Crippen LogP contribution < -0.4 is 0 Å². The van der Waals surface area contributed by atoms with Crippen LogP contribution in [0.2, 0.25) is 5.02 Å². The molecule has 1 spiro atoms. The highest BCUT2D eigenvalue weighted by atomic mass is 35.5. The van der Waals surface area contributed by atoms with Crippen LogP contribution in [0.15, 0.2) is 36.4 Å². The summed E-state index contributed by atoms with van der Waals surface area (Å²) < 4.78 is 0. The van der Waals surface area contributed by atoms with Gasteiger partial charge in [0.2, 0.25) is 0 Å². The van der Waals surface area contributed by atoms with Crippen LogP contribution >= 0.6 is 11.6 Å². The lowest BCUT2D eigenvalue weighted by molar-refractivity contribution is -0.0283. The molecule has 8 heteroatoms. The van der Waals surface area contributed by atoms with Gasteiger partial charge in [-0.05, 0) is 81.9 Å². The first-order chi connectivity index (χ1) is 14.9. The molecular weight excluding hydrogens is 414 g/mol. The monoisotopic (exact) mass is 439 g/mol. The van der Waals surface area contributed by atoms with Crippen molar-refractivity contribution in [2.45, 2.75) is 19.8 Å². The summed E-state index contributed by atoms with van der Waals surface area (Å²) in [5.74, 6) is 0.115. The van der Waals surface area contributed by atoms with Crippen LogP contribution in [0.1, 0.15) is 39.1 Å². The maximum Gasteiger partial charge on any atom is 0.253 e. The number of rotatable bonds is 2. The van der Waals surface area contributed by atoms with Gasteiger partial charge in [0.05, 0.1) is 0 Å². The van der Waals surface area contributed by atoms with E-state index in [-0.39, 0.29) is 5.91 Å². The molecule has 0 saturated carbocycles. The Morgan fingerprint density at radius 1 is 1.10 bits per heavy atom. The average molecular weight is 440 g/mol. The fourth-order valence-electron chi connectivity index (χ4n) is 4.30. The van der Waals surface area contributed by atoms with Gasteiger partial charge in [-0.1, -0.05) is 11.6 Å². The minimum Gasteiger partial charge on any atom is -0.337 e. The average Bonchev–Trinajstić information content (AvgIpc) is 3.20. The van der Waals surface area contributed by atoms with E-state index in [1.165, 1.54) is 12.8 Å². The number of carbonyl (C=O) groups is 2. The maximum absolute atomic E-state index is 12.5. The van der Waals surface area contributed by atoms with Gasteiger partial charge < -0.3 is 9.80 Å². The van der Waals surface area contributed by atoms with Gasteiger partial charge in [-0.25, -0.2) is 0 Å². The van der Waals surface area contributed by atoms with Crippen LogP contribution in [0.25, 0.3) is 11.0 Å².